The number of carbonyl (C=O) groups is 3. The molecule has 1 aromatic carbocycles. The summed E-state index contributed by atoms with van der Waals surface area (Å²) in [6, 6.07) is 3.12. The van der Waals surface area contributed by atoms with Gasteiger partial charge in [-0.05, 0) is 32.1 Å². The Morgan fingerprint density at radius 1 is 1.13 bits per heavy atom. The average Bonchev–Trinajstić information content (AvgIpc) is 2.87. The van der Waals surface area contributed by atoms with Crippen molar-refractivity contribution in [2.45, 2.75) is 56.3 Å². The van der Waals surface area contributed by atoms with Gasteiger partial charge in [0.05, 0.1) is 30.2 Å². The standard InChI is InChI=1S/C28H36N2O9/c1-4-5-6-7-11-39-12-14-13-9-8-10-15(31)16(13)22(32)18-17(14)23(33)20-21(30(2)3)24(34)19(27(29)37)26(36)28(20,38)25(18)35/h8-10,14,17,20-21,23,31-33,36,38H,4-7,11-12H2,1-3H3,(H2,29,37)/t14-,17+,20+,21-,23-,28-/m1/s1. The first-order valence-electron chi connectivity index (χ1n) is 13.1. The lowest BCUT2D eigenvalue weighted by Crippen LogP contribution is -2.70. The molecule has 3 aliphatic carbocycles. The molecule has 0 aliphatic heterocycles. The van der Waals surface area contributed by atoms with Crippen LogP contribution in [0.25, 0.3) is 5.76 Å². The van der Waals surface area contributed by atoms with Gasteiger partial charge in [-0.2, -0.15) is 0 Å². The van der Waals surface area contributed by atoms with Gasteiger partial charge in [0.15, 0.2) is 11.4 Å². The van der Waals surface area contributed by atoms with Gasteiger partial charge < -0.3 is 36.0 Å². The molecule has 39 heavy (non-hydrogen) atoms. The SMILES string of the molecule is CCCCCCOC[C@@H]1c2cccc(O)c2C(O)=C2C(=O)[C@@]3(O)C(O)=C(C(N)=O)C(=O)[C@H](N(C)C)[C@H]3[C@H](O)[C@H]21. The first kappa shape index (κ1) is 28.8. The number of ether oxygens (including phenoxy) is 1. The Morgan fingerprint density at radius 2 is 1.82 bits per heavy atom. The molecule has 7 N–H and O–H groups in total. The van der Waals surface area contributed by atoms with Crippen molar-refractivity contribution in [3.05, 3.63) is 46.2 Å². The van der Waals surface area contributed by atoms with Crippen LogP contribution >= 0.6 is 0 Å². The van der Waals surface area contributed by atoms with Gasteiger partial charge in [0.1, 0.15) is 22.8 Å². The van der Waals surface area contributed by atoms with E-state index < -0.39 is 75.6 Å². The summed E-state index contributed by atoms with van der Waals surface area (Å²) < 4.78 is 5.94. The summed E-state index contributed by atoms with van der Waals surface area (Å²) in [4.78, 5) is 40.8. The van der Waals surface area contributed by atoms with Crippen LogP contribution in [-0.2, 0) is 19.1 Å². The van der Waals surface area contributed by atoms with Crippen molar-refractivity contribution in [2.24, 2.45) is 17.6 Å². The molecule has 0 spiro atoms. The van der Waals surface area contributed by atoms with Gasteiger partial charge in [-0.1, -0.05) is 38.3 Å². The number of amides is 1. The van der Waals surface area contributed by atoms with Crippen molar-refractivity contribution in [1.29, 1.82) is 0 Å². The van der Waals surface area contributed by atoms with Crippen molar-refractivity contribution in [1.82, 2.24) is 4.90 Å². The Balaban J connectivity index is 1.89. The molecular weight excluding hydrogens is 508 g/mol. The zero-order valence-electron chi connectivity index (χ0n) is 22.3. The van der Waals surface area contributed by atoms with Gasteiger partial charge in [-0.15, -0.1) is 0 Å². The number of rotatable bonds is 9. The van der Waals surface area contributed by atoms with Crippen LogP contribution in [0.15, 0.2) is 35.1 Å². The van der Waals surface area contributed by atoms with Gasteiger partial charge in [0.25, 0.3) is 5.91 Å². The highest BCUT2D eigenvalue weighted by molar-refractivity contribution is 6.24. The van der Waals surface area contributed by atoms with Gasteiger partial charge in [-0.3, -0.25) is 19.3 Å². The number of phenolic OH excluding ortho intramolecular Hbond substituents is 1. The molecule has 0 unspecified atom stereocenters. The fourth-order valence-corrected chi connectivity index (χ4v) is 6.43. The van der Waals surface area contributed by atoms with Crippen LogP contribution in [0.5, 0.6) is 5.75 Å². The number of hydrogen-bond acceptors (Lipinski definition) is 10. The number of nitrogens with zero attached hydrogens (tertiary/aromatic N) is 1. The summed E-state index contributed by atoms with van der Waals surface area (Å²) >= 11 is 0. The largest absolute Gasteiger partial charge is 0.508 e. The molecule has 0 saturated heterocycles. The molecular formula is C28H36N2O9. The van der Waals surface area contributed by atoms with Crippen LogP contribution in [0.1, 0.15) is 49.7 Å². The van der Waals surface area contributed by atoms with Crippen molar-refractivity contribution in [3.8, 4) is 5.75 Å². The minimum absolute atomic E-state index is 0.00838. The maximum Gasteiger partial charge on any atom is 0.255 e. The number of likely N-dealkylation sites (N-methyl/N-ethyl adjacent to an activating group) is 1. The van der Waals surface area contributed by atoms with Crippen LogP contribution in [-0.4, -0.2) is 93.0 Å². The van der Waals surface area contributed by atoms with E-state index in [9.17, 15) is 39.9 Å². The van der Waals surface area contributed by atoms with E-state index in [1.165, 1.54) is 25.1 Å². The van der Waals surface area contributed by atoms with Crippen LogP contribution < -0.4 is 5.73 Å². The van der Waals surface area contributed by atoms with Crippen LogP contribution in [0.4, 0.5) is 0 Å². The lowest BCUT2D eigenvalue weighted by Gasteiger charge is -2.54. The van der Waals surface area contributed by atoms with Crippen LogP contribution in [0.3, 0.4) is 0 Å². The molecule has 1 amide bonds. The highest BCUT2D eigenvalue weighted by Gasteiger charge is 2.68. The molecule has 0 aromatic heterocycles. The Bertz CT molecular complexity index is 1250. The third-order valence-corrected chi connectivity index (χ3v) is 8.24. The average molecular weight is 545 g/mol. The maximum absolute atomic E-state index is 14.1. The summed E-state index contributed by atoms with van der Waals surface area (Å²) in [5.41, 5.74) is 1.39. The molecule has 1 saturated carbocycles. The predicted molar refractivity (Wildman–Crippen MR) is 140 cm³/mol. The minimum atomic E-state index is -2.94. The zero-order valence-corrected chi connectivity index (χ0v) is 22.3. The van der Waals surface area contributed by atoms with E-state index in [-0.39, 0.29) is 17.9 Å². The normalized spacial score (nSPS) is 30.4. The number of ketones is 2. The topological polar surface area (TPSA) is 191 Å². The number of primary amides is 1. The molecule has 11 nitrogen and oxygen atoms in total. The van der Waals surface area contributed by atoms with E-state index >= 15 is 0 Å². The maximum atomic E-state index is 14.1. The fraction of sp³-hybridized carbons (Fsp3) is 0.536. The second-order valence-electron chi connectivity index (χ2n) is 10.7. The highest BCUT2D eigenvalue weighted by Crippen LogP contribution is 2.56. The zero-order chi connectivity index (χ0) is 28.8. The van der Waals surface area contributed by atoms with Crippen LogP contribution in [0.2, 0.25) is 0 Å². The second kappa shape index (κ2) is 10.7. The smallest absolute Gasteiger partial charge is 0.255 e. The quantitative estimate of drug-likeness (QED) is 0.194. The van der Waals surface area contributed by atoms with E-state index in [0.717, 1.165) is 25.7 Å². The molecule has 1 aromatic rings. The number of benzene rings is 1. The number of carbonyl (C=O) groups excluding carboxylic acids is 3. The number of phenols is 1. The first-order chi connectivity index (χ1) is 18.4. The first-order valence-corrected chi connectivity index (χ1v) is 13.1. The van der Waals surface area contributed by atoms with E-state index in [1.807, 2.05) is 0 Å². The Morgan fingerprint density at radius 3 is 2.44 bits per heavy atom. The lowest BCUT2D eigenvalue weighted by molar-refractivity contribution is -0.170. The van der Waals surface area contributed by atoms with E-state index in [2.05, 4.69) is 6.92 Å². The molecule has 3 aliphatic rings. The Kier molecular flexibility index (Phi) is 7.91. The molecule has 0 bridgehead atoms. The van der Waals surface area contributed by atoms with Crippen molar-refractivity contribution in [2.75, 3.05) is 27.3 Å². The second-order valence-corrected chi connectivity index (χ2v) is 10.7. The Hall–Kier alpha value is -3.25. The number of hydrogen-bond donors (Lipinski definition) is 6. The molecule has 4 rings (SSSR count). The highest BCUT2D eigenvalue weighted by atomic mass is 16.5. The van der Waals surface area contributed by atoms with E-state index in [0.29, 0.717) is 12.2 Å². The van der Waals surface area contributed by atoms with E-state index in [4.69, 9.17) is 10.5 Å². The lowest BCUT2D eigenvalue weighted by atomic mass is 9.54. The summed E-state index contributed by atoms with van der Waals surface area (Å²) in [5, 5.41) is 56.5. The summed E-state index contributed by atoms with van der Waals surface area (Å²) in [6.07, 6.45) is 2.19. The number of aromatic hydroxyl groups is 1. The molecule has 0 radical (unpaired) electrons. The van der Waals surface area contributed by atoms with Crippen LogP contribution in [0, 0.1) is 11.8 Å². The third kappa shape index (κ3) is 4.33. The van der Waals surface area contributed by atoms with Crippen molar-refractivity contribution < 1.29 is 44.7 Å². The fourth-order valence-electron chi connectivity index (χ4n) is 6.43. The summed E-state index contributed by atoms with van der Waals surface area (Å²) in [7, 11) is 2.93. The molecule has 0 heterocycles. The number of fused-ring (bicyclic) bond motifs is 3. The third-order valence-electron chi connectivity index (χ3n) is 8.24. The molecule has 1 fully saturated rings. The molecule has 212 valence electrons. The number of unbranched alkanes of at least 4 members (excludes halogenated alkanes) is 3. The van der Waals surface area contributed by atoms with Crippen molar-refractivity contribution in [3.63, 3.8) is 0 Å². The summed E-state index contributed by atoms with van der Waals surface area (Å²) in [5.74, 6) is -9.28. The monoisotopic (exact) mass is 544 g/mol. The molecule has 11 heteroatoms. The van der Waals surface area contributed by atoms with Gasteiger partial charge in [-0.25, -0.2) is 0 Å². The van der Waals surface area contributed by atoms with Gasteiger partial charge in [0.2, 0.25) is 5.78 Å². The predicted octanol–water partition coefficient (Wildman–Crippen LogP) is 1.07. The van der Waals surface area contributed by atoms with E-state index in [1.54, 1.807) is 12.1 Å². The van der Waals surface area contributed by atoms with Gasteiger partial charge in [0, 0.05) is 24.0 Å². The Labute approximate surface area is 226 Å². The van der Waals surface area contributed by atoms with Gasteiger partial charge >= 0.3 is 0 Å². The minimum Gasteiger partial charge on any atom is -0.508 e. The number of aliphatic hydroxyl groups is 4. The number of nitrogens with two attached hydrogens (primary N) is 1. The molecule has 6 atom stereocenters. The summed E-state index contributed by atoms with van der Waals surface area (Å²) in [6.45, 7) is 2.50. The number of Topliss-reactive ketones (excluding diaryl/α,β-unsaturated/α-hetero) is 2. The van der Waals surface area contributed by atoms with Crippen molar-refractivity contribution >= 4 is 23.2 Å². The number of aliphatic hydroxyl groups excluding tert-OH is 3.